The molecule has 1 rings (SSSR count). The summed E-state index contributed by atoms with van der Waals surface area (Å²) < 4.78 is 11.4. The van der Waals surface area contributed by atoms with Crippen LogP contribution < -0.4 is 5.32 Å². The van der Waals surface area contributed by atoms with Gasteiger partial charge in [0.15, 0.2) is 6.29 Å². The lowest BCUT2D eigenvalue weighted by atomic mass is 9.99. The lowest BCUT2D eigenvalue weighted by Crippen LogP contribution is -2.60. The van der Waals surface area contributed by atoms with Crippen molar-refractivity contribution < 1.29 is 39.8 Å². The highest BCUT2D eigenvalue weighted by atomic mass is 16.7. The van der Waals surface area contributed by atoms with E-state index in [0.717, 1.165) is 77.0 Å². The van der Waals surface area contributed by atoms with Crippen LogP contribution in [0, 0.1) is 0 Å². The number of allylic oxidation sites excluding steroid dienone is 12. The zero-order chi connectivity index (χ0) is 57.2. The minimum absolute atomic E-state index is 0.138. The molecule has 1 heterocycles. The van der Waals surface area contributed by atoms with Crippen LogP contribution in [0.1, 0.15) is 309 Å². The van der Waals surface area contributed by atoms with E-state index < -0.39 is 49.5 Å². The van der Waals surface area contributed by atoms with Crippen LogP contribution in [-0.4, -0.2) is 87.5 Å². The van der Waals surface area contributed by atoms with Gasteiger partial charge in [-0.15, -0.1) is 0 Å². The number of rotatable bonds is 58. The van der Waals surface area contributed by atoms with Crippen molar-refractivity contribution in [3.63, 3.8) is 0 Å². The molecule has 6 N–H and O–H groups in total. The maximum atomic E-state index is 13.1. The number of aliphatic hydroxyl groups excluding tert-OH is 5. The largest absolute Gasteiger partial charge is 0.394 e. The fourth-order valence-corrected chi connectivity index (χ4v) is 10.6. The first kappa shape index (κ1) is 74.6. The van der Waals surface area contributed by atoms with E-state index in [1.54, 1.807) is 0 Å². The monoisotopic (exact) mass is 1110 g/mol. The van der Waals surface area contributed by atoms with E-state index in [1.165, 1.54) is 205 Å². The van der Waals surface area contributed by atoms with Gasteiger partial charge in [-0.2, -0.15) is 0 Å². The molecule has 0 aliphatic carbocycles. The van der Waals surface area contributed by atoms with Crippen LogP contribution in [0.4, 0.5) is 0 Å². The molecule has 9 nitrogen and oxygen atoms in total. The van der Waals surface area contributed by atoms with Crippen molar-refractivity contribution in [1.29, 1.82) is 0 Å². The Morgan fingerprint density at radius 2 is 0.785 bits per heavy atom. The number of amides is 1. The highest BCUT2D eigenvalue weighted by molar-refractivity contribution is 5.76. The van der Waals surface area contributed by atoms with Gasteiger partial charge in [0.05, 0.1) is 25.4 Å². The summed E-state index contributed by atoms with van der Waals surface area (Å²) in [7, 11) is 0. The molecule has 0 aromatic carbocycles. The lowest BCUT2D eigenvalue weighted by Gasteiger charge is -2.40. The van der Waals surface area contributed by atoms with Gasteiger partial charge in [0, 0.05) is 6.42 Å². The summed E-state index contributed by atoms with van der Waals surface area (Å²) in [6.45, 7) is 3.76. The summed E-state index contributed by atoms with van der Waals surface area (Å²) in [4.78, 5) is 13.1. The molecule has 460 valence electrons. The third kappa shape index (κ3) is 47.8. The Balaban J connectivity index is 2.13. The lowest BCUT2D eigenvalue weighted by molar-refractivity contribution is -0.302. The first-order valence-electron chi connectivity index (χ1n) is 33.6. The van der Waals surface area contributed by atoms with Gasteiger partial charge in [0.25, 0.3) is 0 Å². The number of carbonyl (C=O) groups excluding carboxylic acids is 1. The van der Waals surface area contributed by atoms with E-state index in [1.807, 2.05) is 0 Å². The second kappa shape index (κ2) is 58.8. The smallest absolute Gasteiger partial charge is 0.220 e. The second-order valence-corrected chi connectivity index (χ2v) is 23.2. The predicted octanol–water partition coefficient (Wildman–Crippen LogP) is 18.0. The summed E-state index contributed by atoms with van der Waals surface area (Å²) in [6, 6.07) is -0.724. The average molecular weight is 1110 g/mol. The number of nitrogens with one attached hydrogen (secondary N) is 1. The minimum atomic E-state index is -1.56. The Bertz CT molecular complexity index is 1470. The van der Waals surface area contributed by atoms with E-state index in [9.17, 15) is 30.3 Å². The van der Waals surface area contributed by atoms with Crippen LogP contribution in [0.2, 0.25) is 0 Å². The fourth-order valence-electron chi connectivity index (χ4n) is 10.6. The summed E-state index contributed by atoms with van der Waals surface area (Å²) in [6.07, 6.45) is 75.2. The second-order valence-electron chi connectivity index (χ2n) is 23.2. The first-order chi connectivity index (χ1) is 38.8. The molecule has 9 heteroatoms. The van der Waals surface area contributed by atoms with E-state index in [0.29, 0.717) is 12.8 Å². The third-order valence-corrected chi connectivity index (χ3v) is 15.8. The van der Waals surface area contributed by atoms with Gasteiger partial charge in [-0.3, -0.25) is 4.79 Å². The number of hydrogen-bond donors (Lipinski definition) is 6. The summed E-state index contributed by atoms with van der Waals surface area (Å²) >= 11 is 0. The summed E-state index contributed by atoms with van der Waals surface area (Å²) in [5, 5.41) is 54.9. The van der Waals surface area contributed by atoms with Crippen molar-refractivity contribution >= 4 is 5.91 Å². The van der Waals surface area contributed by atoms with E-state index in [4.69, 9.17) is 9.47 Å². The highest BCUT2D eigenvalue weighted by Crippen LogP contribution is 2.23. The van der Waals surface area contributed by atoms with Gasteiger partial charge >= 0.3 is 0 Å². The van der Waals surface area contributed by atoms with Crippen LogP contribution in [-0.2, 0) is 14.3 Å². The quantitative estimate of drug-likeness (QED) is 0.0261. The minimum Gasteiger partial charge on any atom is -0.394 e. The number of ether oxygens (including phenoxy) is 2. The zero-order valence-corrected chi connectivity index (χ0v) is 51.4. The third-order valence-electron chi connectivity index (χ3n) is 15.8. The van der Waals surface area contributed by atoms with Crippen LogP contribution >= 0.6 is 0 Å². The van der Waals surface area contributed by atoms with Gasteiger partial charge in [0.1, 0.15) is 24.4 Å². The Morgan fingerprint density at radius 1 is 0.443 bits per heavy atom. The van der Waals surface area contributed by atoms with E-state index >= 15 is 0 Å². The van der Waals surface area contributed by atoms with Crippen molar-refractivity contribution in [3.8, 4) is 0 Å². The number of hydrogen-bond acceptors (Lipinski definition) is 8. The Hall–Kier alpha value is -2.37. The molecule has 7 unspecified atom stereocenters. The molecule has 1 fully saturated rings. The number of aliphatic hydroxyl groups is 5. The molecule has 0 aromatic rings. The van der Waals surface area contributed by atoms with Gasteiger partial charge in [-0.1, -0.05) is 311 Å². The van der Waals surface area contributed by atoms with Crippen molar-refractivity contribution in [3.05, 3.63) is 72.9 Å². The molecule has 0 radical (unpaired) electrons. The van der Waals surface area contributed by atoms with Crippen LogP contribution in [0.5, 0.6) is 0 Å². The summed E-state index contributed by atoms with van der Waals surface area (Å²) in [5.41, 5.74) is 0. The topological polar surface area (TPSA) is 149 Å². The van der Waals surface area contributed by atoms with Crippen molar-refractivity contribution in [2.75, 3.05) is 13.2 Å². The Morgan fingerprint density at radius 3 is 1.16 bits per heavy atom. The molecule has 0 saturated carbocycles. The van der Waals surface area contributed by atoms with Gasteiger partial charge in [-0.05, 0) is 64.2 Å². The number of carbonyl (C=O) groups is 1. The SMILES string of the molecule is CC/C=C\C/C=C\C/C=C\C/C=C\C/C=C\C/C=C\CCCCCCCCCCCCCCCCC(=O)NC(COC1OC(CO)C(O)C(O)C1O)C(O)CCCCCCCCCCCCCCCCCCCCCCCCC. The maximum Gasteiger partial charge on any atom is 0.220 e. The van der Waals surface area contributed by atoms with Crippen LogP contribution in [0.15, 0.2) is 72.9 Å². The Labute approximate surface area is 487 Å². The normalized spacial score (nSPS) is 19.0. The summed E-state index contributed by atoms with van der Waals surface area (Å²) in [5.74, 6) is -0.143. The average Bonchev–Trinajstić information content (AvgIpc) is 3.47. The maximum absolute atomic E-state index is 13.1. The van der Waals surface area contributed by atoms with Gasteiger partial charge < -0.3 is 40.3 Å². The molecule has 7 atom stereocenters. The molecular formula is C70H127NO8. The number of unbranched alkanes of at least 4 members (excludes halogenated alkanes) is 36. The molecular weight excluding hydrogens is 983 g/mol. The van der Waals surface area contributed by atoms with Crippen LogP contribution in [0.3, 0.4) is 0 Å². The molecule has 79 heavy (non-hydrogen) atoms. The molecule has 1 aliphatic rings. The predicted molar refractivity (Wildman–Crippen MR) is 336 cm³/mol. The van der Waals surface area contributed by atoms with Crippen molar-refractivity contribution in [2.45, 2.75) is 352 Å². The van der Waals surface area contributed by atoms with Crippen molar-refractivity contribution in [2.24, 2.45) is 0 Å². The fraction of sp³-hybridized carbons (Fsp3) is 0.814. The van der Waals surface area contributed by atoms with E-state index in [2.05, 4.69) is 92.1 Å². The van der Waals surface area contributed by atoms with Crippen LogP contribution in [0.25, 0.3) is 0 Å². The van der Waals surface area contributed by atoms with E-state index in [-0.39, 0.29) is 12.5 Å². The van der Waals surface area contributed by atoms with Gasteiger partial charge in [-0.25, -0.2) is 0 Å². The molecule has 1 amide bonds. The Kier molecular flexibility index (Phi) is 55.6. The van der Waals surface area contributed by atoms with Crippen molar-refractivity contribution in [1.82, 2.24) is 5.32 Å². The molecule has 1 saturated heterocycles. The first-order valence-corrected chi connectivity index (χ1v) is 33.6. The van der Waals surface area contributed by atoms with Gasteiger partial charge in [0.2, 0.25) is 5.91 Å². The molecule has 0 bridgehead atoms. The molecule has 0 aromatic heterocycles. The molecule has 0 spiro atoms. The zero-order valence-electron chi connectivity index (χ0n) is 51.4. The molecule has 1 aliphatic heterocycles. The highest BCUT2D eigenvalue weighted by Gasteiger charge is 2.44. The standard InChI is InChI=1S/C70H127NO8/c1-3-5-7-9-11-13-15-17-19-21-23-25-27-28-29-30-31-32-33-34-35-36-38-40-42-44-46-48-50-52-54-56-58-60-66(74)71-63(62-78-70-69(77)68(76)67(75)65(61-72)79-70)64(73)59-57-55-53-51-49-47-45-43-41-39-37-26-24-22-20-18-16-14-12-10-8-6-4-2/h5,7,11,13,17,19,23,25,28-29,31-32,63-65,67-70,72-73,75-77H,3-4,6,8-10,12,14-16,18,20-22,24,26-27,30,33-62H2,1-2H3,(H,71,74)/b7-5-,13-11-,19-17-,25-23-,29-28-,32-31-.